The summed E-state index contributed by atoms with van der Waals surface area (Å²) in [7, 11) is 0. The lowest BCUT2D eigenvalue weighted by molar-refractivity contribution is -0.116. The van der Waals surface area contributed by atoms with Crippen molar-refractivity contribution in [2.45, 2.75) is 19.8 Å². The maximum absolute atomic E-state index is 11.5. The zero-order valence-electron chi connectivity index (χ0n) is 9.53. The Morgan fingerprint density at radius 2 is 2.06 bits per heavy atom. The fourth-order valence-electron chi connectivity index (χ4n) is 1.28. The summed E-state index contributed by atoms with van der Waals surface area (Å²) < 4.78 is 0. The molecule has 0 aliphatic heterocycles. The number of hydrogen-bond acceptors (Lipinski definition) is 3. The van der Waals surface area contributed by atoms with E-state index in [1.54, 1.807) is 24.3 Å². The van der Waals surface area contributed by atoms with Gasteiger partial charge in [0.2, 0.25) is 5.91 Å². The maximum atomic E-state index is 11.5. The summed E-state index contributed by atoms with van der Waals surface area (Å²) >= 11 is 4.69. The van der Waals surface area contributed by atoms with Crippen LogP contribution in [0.1, 0.15) is 30.1 Å². The summed E-state index contributed by atoms with van der Waals surface area (Å²) in [6.45, 7) is 1.48. The van der Waals surface area contributed by atoms with E-state index in [0.717, 1.165) is 0 Å². The Labute approximate surface area is 105 Å². The molecule has 1 aromatic rings. The molecule has 0 spiro atoms. The van der Waals surface area contributed by atoms with Gasteiger partial charge in [0, 0.05) is 24.1 Å². The van der Waals surface area contributed by atoms with E-state index >= 15 is 0 Å². The van der Waals surface area contributed by atoms with E-state index in [4.69, 9.17) is 5.73 Å². The Balaban J connectivity index is 2.62. The number of ketones is 1. The molecular formula is C12H14N2O2S. The van der Waals surface area contributed by atoms with Gasteiger partial charge in [-0.1, -0.05) is 24.4 Å². The first-order valence-corrected chi connectivity index (χ1v) is 5.59. The highest BCUT2D eigenvalue weighted by Crippen LogP contribution is 2.11. The van der Waals surface area contributed by atoms with Crippen LogP contribution in [-0.2, 0) is 4.79 Å². The number of benzene rings is 1. The predicted molar refractivity (Wildman–Crippen MR) is 71.1 cm³/mol. The molecule has 0 radical (unpaired) electrons. The lowest BCUT2D eigenvalue weighted by Gasteiger charge is -2.05. The van der Waals surface area contributed by atoms with E-state index in [2.05, 4.69) is 17.5 Å². The van der Waals surface area contributed by atoms with E-state index in [9.17, 15) is 9.59 Å². The first-order valence-electron chi connectivity index (χ1n) is 5.18. The van der Waals surface area contributed by atoms with Crippen LogP contribution in [0, 0.1) is 0 Å². The molecule has 4 nitrogen and oxygen atoms in total. The largest absolute Gasteiger partial charge is 0.393 e. The Morgan fingerprint density at radius 3 is 2.65 bits per heavy atom. The Bertz CT molecular complexity index is 458. The van der Waals surface area contributed by atoms with Gasteiger partial charge in [0.05, 0.1) is 4.99 Å². The number of carbonyl (C=O) groups excluding carboxylic acids is 2. The number of rotatable bonds is 5. The fraction of sp³-hybridized carbons (Fsp3) is 0.250. The van der Waals surface area contributed by atoms with Crippen molar-refractivity contribution in [3.8, 4) is 0 Å². The van der Waals surface area contributed by atoms with Crippen molar-refractivity contribution in [2.24, 2.45) is 5.73 Å². The maximum Gasteiger partial charge on any atom is 0.224 e. The summed E-state index contributed by atoms with van der Waals surface area (Å²) in [5.41, 5.74) is 6.47. The van der Waals surface area contributed by atoms with Crippen LogP contribution in [0.15, 0.2) is 24.3 Å². The minimum Gasteiger partial charge on any atom is -0.393 e. The normalized spacial score (nSPS) is 9.71. The molecule has 3 N–H and O–H groups in total. The van der Waals surface area contributed by atoms with Crippen molar-refractivity contribution < 1.29 is 9.59 Å². The van der Waals surface area contributed by atoms with Gasteiger partial charge in [0.25, 0.3) is 0 Å². The molecule has 17 heavy (non-hydrogen) atoms. The molecule has 1 rings (SSSR count). The quantitative estimate of drug-likeness (QED) is 0.618. The summed E-state index contributed by atoms with van der Waals surface area (Å²) in [4.78, 5) is 23.0. The van der Waals surface area contributed by atoms with Gasteiger partial charge in [-0.15, -0.1) is 0 Å². The molecule has 0 saturated carbocycles. The first kappa shape index (κ1) is 13.3. The highest BCUT2D eigenvalue weighted by Gasteiger charge is 2.05. The third-order valence-electron chi connectivity index (χ3n) is 2.15. The summed E-state index contributed by atoms with van der Waals surface area (Å²) in [5, 5.41) is 2.69. The minimum absolute atomic E-state index is 0.0377. The van der Waals surface area contributed by atoms with E-state index in [1.165, 1.54) is 6.92 Å². The summed E-state index contributed by atoms with van der Waals surface area (Å²) in [6, 6.07) is 6.79. The zero-order chi connectivity index (χ0) is 12.8. The van der Waals surface area contributed by atoms with Gasteiger partial charge in [-0.3, -0.25) is 9.59 Å². The number of nitrogens with one attached hydrogen (secondary N) is 1. The van der Waals surface area contributed by atoms with Crippen LogP contribution in [0.3, 0.4) is 0 Å². The van der Waals surface area contributed by atoms with Crippen molar-refractivity contribution in [1.29, 1.82) is 0 Å². The standard InChI is InChI=1S/C12H14N2O2S/c1-8(15)9-3-2-4-10(7-9)14-12(16)6-5-11(13)17/h2-4,7H,5-6H2,1H3,(H2,13,17)(H,14,16). The molecule has 1 amide bonds. The van der Waals surface area contributed by atoms with Gasteiger partial charge in [0.1, 0.15) is 0 Å². The number of thiocarbonyl (C=S) groups is 1. The first-order chi connectivity index (χ1) is 7.99. The molecule has 90 valence electrons. The Hall–Kier alpha value is -1.75. The molecular weight excluding hydrogens is 236 g/mol. The molecule has 0 aliphatic carbocycles. The van der Waals surface area contributed by atoms with Crippen LogP contribution in [0.5, 0.6) is 0 Å². The van der Waals surface area contributed by atoms with Crippen molar-refractivity contribution in [1.82, 2.24) is 0 Å². The van der Waals surface area contributed by atoms with E-state index in [0.29, 0.717) is 22.7 Å². The second kappa shape index (κ2) is 6.10. The highest BCUT2D eigenvalue weighted by atomic mass is 32.1. The van der Waals surface area contributed by atoms with Crippen molar-refractivity contribution in [3.63, 3.8) is 0 Å². The van der Waals surface area contributed by atoms with Crippen LogP contribution < -0.4 is 11.1 Å². The molecule has 0 bridgehead atoms. The number of carbonyl (C=O) groups is 2. The molecule has 0 aromatic heterocycles. The molecule has 0 saturated heterocycles. The number of Topliss-reactive ketones (excluding diaryl/α,β-unsaturated/α-hetero) is 1. The van der Waals surface area contributed by atoms with Crippen LogP contribution in [0.2, 0.25) is 0 Å². The number of amides is 1. The van der Waals surface area contributed by atoms with Gasteiger partial charge in [0.15, 0.2) is 5.78 Å². The van der Waals surface area contributed by atoms with Gasteiger partial charge in [-0.05, 0) is 19.1 Å². The average Bonchev–Trinajstić information content (AvgIpc) is 2.26. The van der Waals surface area contributed by atoms with Crippen molar-refractivity contribution >= 4 is 34.6 Å². The average molecular weight is 250 g/mol. The van der Waals surface area contributed by atoms with E-state index in [-0.39, 0.29) is 18.1 Å². The molecule has 0 heterocycles. The number of anilines is 1. The second-order valence-electron chi connectivity index (χ2n) is 3.65. The van der Waals surface area contributed by atoms with E-state index in [1.807, 2.05) is 0 Å². The summed E-state index contributed by atoms with van der Waals surface area (Å²) in [5.74, 6) is -0.206. The molecule has 5 heteroatoms. The van der Waals surface area contributed by atoms with Crippen LogP contribution >= 0.6 is 12.2 Å². The Morgan fingerprint density at radius 1 is 1.35 bits per heavy atom. The highest BCUT2D eigenvalue weighted by molar-refractivity contribution is 7.80. The summed E-state index contributed by atoms with van der Waals surface area (Å²) in [6.07, 6.45) is 0.632. The molecule has 0 unspecified atom stereocenters. The third kappa shape index (κ3) is 4.74. The van der Waals surface area contributed by atoms with Crippen LogP contribution in [0.25, 0.3) is 0 Å². The zero-order valence-corrected chi connectivity index (χ0v) is 10.3. The van der Waals surface area contributed by atoms with Crippen LogP contribution in [0.4, 0.5) is 5.69 Å². The predicted octanol–water partition coefficient (Wildman–Crippen LogP) is 1.89. The number of nitrogens with two attached hydrogens (primary N) is 1. The lowest BCUT2D eigenvalue weighted by Crippen LogP contribution is -2.16. The smallest absolute Gasteiger partial charge is 0.224 e. The van der Waals surface area contributed by atoms with Gasteiger partial charge >= 0.3 is 0 Å². The van der Waals surface area contributed by atoms with Gasteiger partial charge in [-0.25, -0.2) is 0 Å². The monoisotopic (exact) mass is 250 g/mol. The van der Waals surface area contributed by atoms with Gasteiger partial charge < -0.3 is 11.1 Å². The molecule has 0 atom stereocenters. The van der Waals surface area contributed by atoms with Crippen LogP contribution in [-0.4, -0.2) is 16.7 Å². The molecule has 0 fully saturated rings. The number of hydrogen-bond donors (Lipinski definition) is 2. The van der Waals surface area contributed by atoms with Gasteiger partial charge in [-0.2, -0.15) is 0 Å². The third-order valence-corrected chi connectivity index (χ3v) is 2.36. The molecule has 1 aromatic carbocycles. The molecule has 0 aliphatic rings. The fourth-order valence-corrected chi connectivity index (χ4v) is 1.38. The second-order valence-corrected chi connectivity index (χ2v) is 4.18. The van der Waals surface area contributed by atoms with E-state index < -0.39 is 0 Å². The SMILES string of the molecule is CC(=O)c1cccc(NC(=O)CCC(N)=S)c1. The Kier molecular flexibility index (Phi) is 4.78. The van der Waals surface area contributed by atoms with Crippen molar-refractivity contribution in [3.05, 3.63) is 29.8 Å². The topological polar surface area (TPSA) is 72.2 Å². The van der Waals surface area contributed by atoms with Crippen molar-refractivity contribution in [2.75, 3.05) is 5.32 Å². The lowest BCUT2D eigenvalue weighted by atomic mass is 10.1. The minimum atomic E-state index is -0.168.